The second-order valence-electron chi connectivity index (χ2n) is 7.59. The summed E-state index contributed by atoms with van der Waals surface area (Å²) in [5.74, 6) is 0.928. The van der Waals surface area contributed by atoms with Crippen molar-refractivity contribution in [3.8, 4) is 0 Å². The highest BCUT2D eigenvalue weighted by molar-refractivity contribution is 6.27. The summed E-state index contributed by atoms with van der Waals surface area (Å²) >= 11 is 5.65. The van der Waals surface area contributed by atoms with Crippen molar-refractivity contribution in [1.29, 1.82) is 0 Å². The summed E-state index contributed by atoms with van der Waals surface area (Å²) in [5, 5.41) is 3.25. The Morgan fingerprint density at radius 3 is 2.24 bits per heavy atom. The molecule has 17 heavy (non-hydrogen) atoms. The molecular formula is C14H22ClNO. The smallest absolute Gasteiger partial charge is 0.235 e. The second-order valence-corrected chi connectivity index (χ2v) is 7.86. The molecule has 0 aliphatic heterocycles. The Morgan fingerprint density at radius 1 is 1.18 bits per heavy atom. The third-order valence-corrected chi connectivity index (χ3v) is 5.39. The zero-order valence-electron chi connectivity index (χ0n) is 10.8. The normalized spacial score (nSPS) is 51.6. The fourth-order valence-electron chi connectivity index (χ4n) is 5.92. The van der Waals surface area contributed by atoms with Crippen molar-refractivity contribution >= 4 is 17.5 Å². The first-order valence-electron chi connectivity index (χ1n) is 6.73. The lowest BCUT2D eigenvalue weighted by Crippen LogP contribution is -2.65. The van der Waals surface area contributed by atoms with Crippen molar-refractivity contribution in [2.45, 2.75) is 57.9 Å². The number of rotatable bonds is 2. The second kappa shape index (κ2) is 3.40. The van der Waals surface area contributed by atoms with Gasteiger partial charge in [-0.25, -0.2) is 0 Å². The summed E-state index contributed by atoms with van der Waals surface area (Å²) in [6.45, 7) is 4.83. The van der Waals surface area contributed by atoms with Crippen LogP contribution in [0.15, 0.2) is 0 Å². The van der Waals surface area contributed by atoms with Crippen molar-refractivity contribution in [3.63, 3.8) is 0 Å². The van der Waals surface area contributed by atoms with Gasteiger partial charge < -0.3 is 5.32 Å². The minimum atomic E-state index is 0.0146. The highest BCUT2D eigenvalue weighted by Gasteiger charge is 2.60. The van der Waals surface area contributed by atoms with Gasteiger partial charge in [-0.3, -0.25) is 4.79 Å². The van der Waals surface area contributed by atoms with Crippen LogP contribution in [0.3, 0.4) is 0 Å². The molecule has 4 aliphatic rings. The lowest BCUT2D eigenvalue weighted by molar-refractivity contribution is -0.137. The van der Waals surface area contributed by atoms with Crippen LogP contribution < -0.4 is 5.32 Å². The summed E-state index contributed by atoms with van der Waals surface area (Å²) in [7, 11) is 0. The third kappa shape index (κ3) is 1.89. The molecule has 1 amide bonds. The Hall–Kier alpha value is -0.240. The molecule has 3 heteroatoms. The molecule has 2 atom stereocenters. The fourth-order valence-corrected chi connectivity index (χ4v) is 5.98. The number of alkyl halides is 1. The molecule has 4 aliphatic carbocycles. The van der Waals surface area contributed by atoms with Crippen molar-refractivity contribution in [2.24, 2.45) is 16.7 Å². The number of amides is 1. The quantitative estimate of drug-likeness (QED) is 0.755. The highest BCUT2D eigenvalue weighted by Crippen LogP contribution is 2.66. The topological polar surface area (TPSA) is 29.1 Å². The number of halogens is 1. The van der Waals surface area contributed by atoms with Crippen LogP contribution in [0.4, 0.5) is 0 Å². The summed E-state index contributed by atoms with van der Waals surface area (Å²) in [4.78, 5) is 11.7. The number of carbonyl (C=O) groups excluding carboxylic acids is 1. The first-order chi connectivity index (χ1) is 7.86. The van der Waals surface area contributed by atoms with Gasteiger partial charge >= 0.3 is 0 Å². The molecule has 1 N–H and O–H groups in total. The Labute approximate surface area is 108 Å². The maximum absolute atomic E-state index is 11.7. The van der Waals surface area contributed by atoms with E-state index in [9.17, 15) is 4.79 Å². The van der Waals surface area contributed by atoms with Gasteiger partial charge in [-0.1, -0.05) is 13.8 Å². The molecule has 0 aromatic heterocycles. The van der Waals surface area contributed by atoms with E-state index in [0.29, 0.717) is 10.8 Å². The van der Waals surface area contributed by atoms with E-state index in [4.69, 9.17) is 11.6 Å². The van der Waals surface area contributed by atoms with Gasteiger partial charge in [0, 0.05) is 5.54 Å². The van der Waals surface area contributed by atoms with Crippen LogP contribution in [0, 0.1) is 16.7 Å². The zero-order valence-corrected chi connectivity index (χ0v) is 11.6. The first-order valence-corrected chi connectivity index (χ1v) is 7.27. The van der Waals surface area contributed by atoms with E-state index in [1.807, 2.05) is 0 Å². The van der Waals surface area contributed by atoms with E-state index in [2.05, 4.69) is 19.2 Å². The summed E-state index contributed by atoms with van der Waals surface area (Å²) in [6, 6.07) is 0. The van der Waals surface area contributed by atoms with E-state index >= 15 is 0 Å². The molecule has 4 bridgehead atoms. The Bertz CT molecular complexity index is 349. The van der Waals surface area contributed by atoms with Crippen LogP contribution >= 0.6 is 11.6 Å². The standard InChI is InChI=1S/C14H22ClNO/c1-12-3-10-4-13(2,7-12)9-14(5-10,8-12)16-11(17)6-15/h10H,3-9H2,1-2H3,(H,16,17). The monoisotopic (exact) mass is 255 g/mol. The molecule has 4 saturated carbocycles. The number of hydrogen-bond donors (Lipinski definition) is 1. The van der Waals surface area contributed by atoms with Gasteiger partial charge in [0.2, 0.25) is 5.91 Å². The van der Waals surface area contributed by atoms with Crippen molar-refractivity contribution in [2.75, 3.05) is 5.88 Å². The van der Waals surface area contributed by atoms with Crippen molar-refractivity contribution in [1.82, 2.24) is 5.32 Å². The van der Waals surface area contributed by atoms with Gasteiger partial charge in [0.1, 0.15) is 5.88 Å². The first kappa shape index (κ1) is 11.8. The van der Waals surface area contributed by atoms with E-state index < -0.39 is 0 Å². The van der Waals surface area contributed by atoms with Gasteiger partial charge in [-0.15, -0.1) is 11.6 Å². The van der Waals surface area contributed by atoms with Crippen LogP contribution in [0.1, 0.15) is 52.4 Å². The van der Waals surface area contributed by atoms with Gasteiger partial charge in [-0.05, 0) is 55.3 Å². The lowest BCUT2D eigenvalue weighted by atomic mass is 9.43. The molecule has 2 unspecified atom stereocenters. The van der Waals surface area contributed by atoms with E-state index in [0.717, 1.165) is 18.8 Å². The molecule has 0 saturated heterocycles. The maximum atomic E-state index is 11.7. The molecule has 4 rings (SSSR count). The highest BCUT2D eigenvalue weighted by atomic mass is 35.5. The average molecular weight is 256 g/mol. The lowest BCUT2D eigenvalue weighted by Gasteiger charge is -2.65. The zero-order chi connectivity index (χ0) is 12.3. The average Bonchev–Trinajstić information content (AvgIpc) is 2.10. The number of nitrogens with one attached hydrogen (secondary N) is 1. The summed E-state index contributed by atoms with van der Waals surface area (Å²) in [6.07, 6.45) is 7.57. The predicted molar refractivity (Wildman–Crippen MR) is 69.0 cm³/mol. The van der Waals surface area contributed by atoms with Gasteiger partial charge in [0.15, 0.2) is 0 Å². The minimum Gasteiger partial charge on any atom is -0.350 e. The third-order valence-electron chi connectivity index (χ3n) is 5.15. The predicted octanol–water partition coefficient (Wildman–Crippen LogP) is 3.09. The van der Waals surface area contributed by atoms with Crippen LogP contribution in [0.5, 0.6) is 0 Å². The molecule has 0 aromatic rings. The SMILES string of the molecule is CC12CC3CC(C)(C1)CC(NC(=O)CCl)(C3)C2. The van der Waals surface area contributed by atoms with Crippen LogP contribution in [0.2, 0.25) is 0 Å². The Balaban J connectivity index is 1.89. The maximum Gasteiger partial charge on any atom is 0.235 e. The molecular weight excluding hydrogens is 234 g/mol. The van der Waals surface area contributed by atoms with Crippen molar-refractivity contribution < 1.29 is 4.79 Å². The summed E-state index contributed by atoms with van der Waals surface area (Å²) < 4.78 is 0. The van der Waals surface area contributed by atoms with Crippen LogP contribution in [-0.2, 0) is 4.79 Å². The van der Waals surface area contributed by atoms with E-state index in [1.54, 1.807) is 0 Å². The Kier molecular flexibility index (Phi) is 2.37. The Morgan fingerprint density at radius 2 is 1.76 bits per heavy atom. The molecule has 2 nitrogen and oxygen atoms in total. The van der Waals surface area contributed by atoms with Crippen LogP contribution in [-0.4, -0.2) is 17.3 Å². The number of hydrogen-bond acceptors (Lipinski definition) is 1. The minimum absolute atomic E-state index is 0.0146. The number of carbonyl (C=O) groups is 1. The molecule has 0 spiro atoms. The molecule has 0 radical (unpaired) electrons. The van der Waals surface area contributed by atoms with Gasteiger partial charge in [-0.2, -0.15) is 0 Å². The van der Waals surface area contributed by atoms with Gasteiger partial charge in [0.05, 0.1) is 0 Å². The van der Waals surface area contributed by atoms with Crippen LogP contribution in [0.25, 0.3) is 0 Å². The molecule has 4 fully saturated rings. The van der Waals surface area contributed by atoms with Gasteiger partial charge in [0.25, 0.3) is 0 Å². The van der Waals surface area contributed by atoms with E-state index in [1.165, 1.54) is 25.7 Å². The van der Waals surface area contributed by atoms with Crippen molar-refractivity contribution in [3.05, 3.63) is 0 Å². The summed E-state index contributed by atoms with van der Waals surface area (Å²) in [5.41, 5.74) is 0.969. The molecule has 96 valence electrons. The fraction of sp³-hybridized carbons (Fsp3) is 0.929. The largest absolute Gasteiger partial charge is 0.350 e. The molecule has 0 heterocycles. The van der Waals surface area contributed by atoms with E-state index in [-0.39, 0.29) is 17.3 Å². The molecule has 0 aromatic carbocycles.